The molecule has 2 fully saturated rings. The van der Waals surface area contributed by atoms with Crippen LogP contribution in [0, 0.1) is 6.57 Å². The number of nitrogens with zero attached hydrogens (tertiary/aromatic N) is 4. The lowest BCUT2D eigenvalue weighted by molar-refractivity contribution is -0.0910. The first-order valence-electron chi connectivity index (χ1n) is 11.8. The smallest absolute Gasteiger partial charge is 0.187 e. The summed E-state index contributed by atoms with van der Waals surface area (Å²) in [6, 6.07) is 13.3. The summed E-state index contributed by atoms with van der Waals surface area (Å²) in [7, 11) is 0. The minimum atomic E-state index is -0.967. The highest BCUT2D eigenvalue weighted by molar-refractivity contribution is 6.38. The molecular weight excluding hydrogens is 451 g/mol. The number of rotatable bonds is 3. The summed E-state index contributed by atoms with van der Waals surface area (Å²) in [4.78, 5) is 12.5. The monoisotopic (exact) mass is 478 g/mol. The fourth-order valence-corrected chi connectivity index (χ4v) is 5.68. The van der Waals surface area contributed by atoms with Crippen LogP contribution in [0.1, 0.15) is 20.3 Å². The molecule has 0 radical (unpaired) electrons. The van der Waals surface area contributed by atoms with Crippen LogP contribution in [0.3, 0.4) is 0 Å². The lowest BCUT2D eigenvalue weighted by Gasteiger charge is -2.45. The van der Waals surface area contributed by atoms with Crippen molar-refractivity contribution in [3.8, 4) is 11.1 Å². The van der Waals surface area contributed by atoms with Crippen LogP contribution in [0.15, 0.2) is 48.7 Å². The van der Waals surface area contributed by atoms with Gasteiger partial charge in [0.2, 0.25) is 0 Å². The first-order chi connectivity index (χ1) is 16.4. The normalized spacial score (nSPS) is 25.9. The fourth-order valence-electron chi connectivity index (χ4n) is 5.36. The molecule has 5 nitrogen and oxygen atoms in total. The molecule has 4 atom stereocenters. The molecule has 2 saturated heterocycles. The number of piperidine rings is 1. The summed E-state index contributed by atoms with van der Waals surface area (Å²) in [6.45, 7) is 13.8. The quantitative estimate of drug-likeness (QED) is 0.424. The number of ether oxygens (including phenoxy) is 1. The van der Waals surface area contributed by atoms with Gasteiger partial charge in [-0.05, 0) is 25.8 Å². The Morgan fingerprint density at radius 2 is 1.82 bits per heavy atom. The molecule has 7 heteroatoms. The molecule has 0 amide bonds. The van der Waals surface area contributed by atoms with Gasteiger partial charge in [0.1, 0.15) is 6.17 Å². The third-order valence-electron chi connectivity index (χ3n) is 6.89. The van der Waals surface area contributed by atoms with Crippen molar-refractivity contribution >= 4 is 33.9 Å². The van der Waals surface area contributed by atoms with E-state index in [1.54, 1.807) is 18.3 Å². The van der Waals surface area contributed by atoms with Crippen molar-refractivity contribution in [2.24, 2.45) is 0 Å². The highest BCUT2D eigenvalue weighted by atomic mass is 35.5. The maximum atomic E-state index is 15.4. The Hall–Kier alpha value is -2.72. The van der Waals surface area contributed by atoms with Gasteiger partial charge in [0.15, 0.2) is 5.69 Å². The van der Waals surface area contributed by atoms with Gasteiger partial charge in [0.25, 0.3) is 0 Å². The molecule has 0 saturated carbocycles. The molecule has 2 aromatic carbocycles. The molecule has 0 spiro atoms. The number of pyridine rings is 1. The van der Waals surface area contributed by atoms with Crippen molar-refractivity contribution in [1.82, 2.24) is 9.88 Å². The number of aromatic nitrogens is 1. The van der Waals surface area contributed by atoms with E-state index in [-0.39, 0.29) is 18.2 Å². The zero-order valence-electron chi connectivity index (χ0n) is 19.4. The van der Waals surface area contributed by atoms with Crippen molar-refractivity contribution in [3.05, 3.63) is 65.1 Å². The largest absolute Gasteiger partial charge is 0.373 e. The van der Waals surface area contributed by atoms with Crippen LogP contribution in [-0.2, 0) is 4.74 Å². The zero-order valence-corrected chi connectivity index (χ0v) is 20.2. The number of morpholine rings is 1. The van der Waals surface area contributed by atoms with Crippen molar-refractivity contribution < 1.29 is 9.13 Å². The van der Waals surface area contributed by atoms with Crippen LogP contribution >= 0.6 is 11.6 Å². The topological polar surface area (TPSA) is 33.0 Å². The number of para-hydroxylation sites is 1. The van der Waals surface area contributed by atoms with E-state index >= 15 is 4.39 Å². The van der Waals surface area contributed by atoms with Crippen LogP contribution < -0.4 is 4.90 Å². The van der Waals surface area contributed by atoms with Crippen LogP contribution in [-0.4, -0.2) is 60.5 Å². The van der Waals surface area contributed by atoms with Gasteiger partial charge in [-0.2, -0.15) is 0 Å². The molecule has 3 heterocycles. The first-order valence-corrected chi connectivity index (χ1v) is 12.2. The Labute approximate surface area is 204 Å². The predicted octanol–water partition coefficient (Wildman–Crippen LogP) is 6.13. The summed E-state index contributed by atoms with van der Waals surface area (Å²) < 4.78 is 21.2. The molecule has 2 unspecified atom stereocenters. The van der Waals surface area contributed by atoms with E-state index in [0.29, 0.717) is 17.3 Å². The van der Waals surface area contributed by atoms with Gasteiger partial charge in [-0.1, -0.05) is 54.1 Å². The van der Waals surface area contributed by atoms with E-state index in [4.69, 9.17) is 27.9 Å². The van der Waals surface area contributed by atoms with Crippen LogP contribution in [0.25, 0.3) is 26.9 Å². The number of hydrogen-bond donors (Lipinski definition) is 0. The predicted molar refractivity (Wildman–Crippen MR) is 136 cm³/mol. The maximum absolute atomic E-state index is 15.4. The van der Waals surface area contributed by atoms with Gasteiger partial charge in [-0.15, -0.1) is 0 Å². The molecule has 0 aliphatic carbocycles. The summed E-state index contributed by atoms with van der Waals surface area (Å²) in [6.07, 6.45) is 1.79. The molecular formula is C27H28ClFN4O. The third-order valence-corrected chi connectivity index (χ3v) is 7.28. The summed E-state index contributed by atoms with van der Waals surface area (Å²) in [5.41, 5.74) is 4.12. The maximum Gasteiger partial charge on any atom is 0.187 e. The van der Waals surface area contributed by atoms with Crippen molar-refractivity contribution in [3.63, 3.8) is 0 Å². The average Bonchev–Trinajstić information content (AvgIpc) is 2.83. The van der Waals surface area contributed by atoms with E-state index in [1.807, 2.05) is 35.2 Å². The molecule has 34 heavy (non-hydrogen) atoms. The highest BCUT2D eigenvalue weighted by Gasteiger charge is 2.37. The lowest BCUT2D eigenvalue weighted by Crippen LogP contribution is -2.58. The molecule has 1 aromatic heterocycles. The Balaban J connectivity index is 1.39. The lowest BCUT2D eigenvalue weighted by atomic mass is 9.98. The number of anilines is 1. The number of benzene rings is 2. The van der Waals surface area contributed by atoms with Crippen LogP contribution in [0.4, 0.5) is 15.8 Å². The SMILES string of the molecule is [C-]#[N+]c1ccc(-c2cccc3c(Cl)c(N4CCC(N5C[C@@H](C)O[C@@H](C)C5)C(F)C4)cnc23)cc1. The molecule has 5 rings (SSSR count). The second kappa shape index (κ2) is 9.50. The summed E-state index contributed by atoms with van der Waals surface area (Å²) in [5.74, 6) is 0. The minimum Gasteiger partial charge on any atom is -0.373 e. The Morgan fingerprint density at radius 1 is 1.09 bits per heavy atom. The summed E-state index contributed by atoms with van der Waals surface area (Å²) >= 11 is 6.88. The molecule has 0 bridgehead atoms. The van der Waals surface area contributed by atoms with E-state index in [9.17, 15) is 0 Å². The van der Waals surface area contributed by atoms with E-state index in [1.165, 1.54) is 0 Å². The number of alkyl halides is 1. The highest BCUT2D eigenvalue weighted by Crippen LogP contribution is 2.38. The first kappa shape index (κ1) is 23.0. The fraction of sp³-hybridized carbons (Fsp3) is 0.407. The van der Waals surface area contributed by atoms with E-state index in [0.717, 1.165) is 53.8 Å². The third kappa shape index (κ3) is 4.36. The number of hydrogen-bond acceptors (Lipinski definition) is 4. The van der Waals surface area contributed by atoms with Gasteiger partial charge in [0, 0.05) is 36.6 Å². The van der Waals surface area contributed by atoms with Crippen molar-refractivity contribution in [1.29, 1.82) is 0 Å². The second-order valence-electron chi connectivity index (χ2n) is 9.35. The zero-order chi connectivity index (χ0) is 23.8. The van der Waals surface area contributed by atoms with E-state index < -0.39 is 6.17 Å². The second-order valence-corrected chi connectivity index (χ2v) is 9.73. The van der Waals surface area contributed by atoms with Crippen LogP contribution in [0.2, 0.25) is 5.02 Å². The molecule has 2 aliphatic rings. The van der Waals surface area contributed by atoms with Gasteiger partial charge in [-0.25, -0.2) is 9.24 Å². The number of halogens is 2. The van der Waals surface area contributed by atoms with Gasteiger partial charge in [-0.3, -0.25) is 9.88 Å². The summed E-state index contributed by atoms with van der Waals surface area (Å²) in [5, 5.41) is 1.45. The Kier molecular flexibility index (Phi) is 6.44. The molecule has 3 aromatic rings. The molecule has 176 valence electrons. The van der Waals surface area contributed by atoms with Crippen molar-refractivity contribution in [2.45, 2.75) is 44.7 Å². The Bertz CT molecular complexity index is 1220. The van der Waals surface area contributed by atoms with E-state index in [2.05, 4.69) is 23.6 Å². The minimum absolute atomic E-state index is 0.0951. The molecule has 0 N–H and O–H groups in total. The van der Waals surface area contributed by atoms with Crippen LogP contribution in [0.5, 0.6) is 0 Å². The van der Waals surface area contributed by atoms with Gasteiger partial charge >= 0.3 is 0 Å². The van der Waals surface area contributed by atoms with Gasteiger partial charge < -0.3 is 9.64 Å². The average molecular weight is 479 g/mol. The number of fused-ring (bicyclic) bond motifs is 1. The standard InChI is InChI=1S/C27H28ClFN4O/c1-17-14-33(15-18(2)34-17)24-11-12-32(16-23(24)29)25-13-31-27-21(5-4-6-22(27)26(25)28)19-7-9-20(30-3)10-8-19/h4-10,13,17-18,23-24H,11-12,14-16H2,1-2H3/t17-,18+,23?,24?. The van der Waals surface area contributed by atoms with Gasteiger partial charge in [0.05, 0.1) is 47.7 Å². The molecule has 2 aliphatic heterocycles. The Morgan fingerprint density at radius 3 is 2.50 bits per heavy atom. The van der Waals surface area contributed by atoms with Crippen molar-refractivity contribution in [2.75, 3.05) is 31.1 Å².